The van der Waals surface area contributed by atoms with Crippen LogP contribution in [0.2, 0.25) is 5.02 Å². The van der Waals surface area contributed by atoms with Gasteiger partial charge in [-0.3, -0.25) is 4.79 Å². The molecule has 6 nitrogen and oxygen atoms in total. The van der Waals surface area contributed by atoms with Crippen LogP contribution >= 0.6 is 11.6 Å². The first-order valence-electron chi connectivity index (χ1n) is 8.95. The van der Waals surface area contributed by atoms with Gasteiger partial charge in [0.25, 0.3) is 5.91 Å². The highest BCUT2D eigenvalue weighted by molar-refractivity contribution is 6.30. The van der Waals surface area contributed by atoms with Gasteiger partial charge in [-0.1, -0.05) is 23.7 Å². The molecule has 0 spiro atoms. The molecule has 1 fully saturated rings. The molecular weight excluding hydrogens is 381 g/mol. The Morgan fingerprint density at radius 3 is 2.82 bits per heavy atom. The van der Waals surface area contributed by atoms with E-state index in [1.807, 2.05) is 29.0 Å². The van der Waals surface area contributed by atoms with Crippen LogP contribution in [0.4, 0.5) is 10.1 Å². The Labute approximate surface area is 168 Å². The molecule has 2 aromatic rings. The second kappa shape index (κ2) is 9.00. The van der Waals surface area contributed by atoms with Crippen molar-refractivity contribution in [1.29, 1.82) is 5.26 Å². The molecular formula is C20H21ClFN5O. The van der Waals surface area contributed by atoms with E-state index < -0.39 is 6.67 Å². The second-order valence-corrected chi connectivity index (χ2v) is 7.21. The number of nitriles is 1. The highest BCUT2D eigenvalue weighted by atomic mass is 35.5. The molecule has 0 radical (unpaired) electrons. The van der Waals surface area contributed by atoms with Gasteiger partial charge in [-0.05, 0) is 30.8 Å². The molecule has 0 unspecified atom stereocenters. The molecule has 1 N–H and O–H groups in total. The molecule has 1 aliphatic rings. The Balaban J connectivity index is 1.79. The van der Waals surface area contributed by atoms with Gasteiger partial charge in [0.15, 0.2) is 0 Å². The van der Waals surface area contributed by atoms with Crippen molar-refractivity contribution in [3.63, 3.8) is 0 Å². The zero-order valence-corrected chi connectivity index (χ0v) is 16.3. The number of halogens is 2. The lowest BCUT2D eigenvalue weighted by Gasteiger charge is -2.40. The molecule has 1 aromatic carbocycles. The molecule has 0 aliphatic carbocycles. The molecule has 146 valence electrons. The Bertz CT molecular complexity index is 883. The number of rotatable bonds is 5. The number of anilines is 1. The summed E-state index contributed by atoms with van der Waals surface area (Å²) in [4.78, 5) is 20.6. The first kappa shape index (κ1) is 20.1. The lowest BCUT2D eigenvalue weighted by molar-refractivity contribution is 0.0946. The fraction of sp³-hybridized carbons (Fsp3) is 0.350. The maximum atomic E-state index is 13.6. The number of piperazine rings is 1. The van der Waals surface area contributed by atoms with Crippen molar-refractivity contribution in [2.24, 2.45) is 0 Å². The molecule has 1 aliphatic heterocycles. The fourth-order valence-corrected chi connectivity index (χ4v) is 3.35. The Kier molecular flexibility index (Phi) is 6.45. The smallest absolute Gasteiger partial charge is 0.270 e. The van der Waals surface area contributed by atoms with Gasteiger partial charge < -0.3 is 15.1 Å². The average molecular weight is 402 g/mol. The molecule has 28 heavy (non-hydrogen) atoms. The minimum atomic E-state index is -0.532. The topological polar surface area (TPSA) is 72.3 Å². The van der Waals surface area contributed by atoms with Crippen LogP contribution < -0.4 is 10.2 Å². The van der Waals surface area contributed by atoms with E-state index in [0.717, 1.165) is 12.1 Å². The predicted molar refractivity (Wildman–Crippen MR) is 106 cm³/mol. The summed E-state index contributed by atoms with van der Waals surface area (Å²) < 4.78 is 13.6. The summed E-state index contributed by atoms with van der Waals surface area (Å²) in [6.07, 6.45) is 1.38. The molecule has 0 saturated carbocycles. The molecule has 1 aromatic heterocycles. The second-order valence-electron chi connectivity index (χ2n) is 6.77. The first-order chi connectivity index (χ1) is 13.5. The van der Waals surface area contributed by atoms with Gasteiger partial charge in [0.1, 0.15) is 18.4 Å². The zero-order valence-electron chi connectivity index (χ0n) is 15.5. The van der Waals surface area contributed by atoms with E-state index in [4.69, 9.17) is 11.6 Å². The maximum absolute atomic E-state index is 13.6. The molecule has 8 heteroatoms. The van der Waals surface area contributed by atoms with Crippen molar-refractivity contribution in [1.82, 2.24) is 15.2 Å². The number of nitrogens with zero attached hydrogens (tertiary/aromatic N) is 4. The van der Waals surface area contributed by atoms with Crippen LogP contribution in [0.15, 0.2) is 36.5 Å². The summed E-state index contributed by atoms with van der Waals surface area (Å²) in [5.74, 6) is -0.355. The lowest BCUT2D eigenvalue weighted by atomic mass is 10.1. The number of amides is 1. The number of carbonyl (C=O) groups is 1. The average Bonchev–Trinajstić information content (AvgIpc) is 2.72. The summed E-state index contributed by atoms with van der Waals surface area (Å²) in [6, 6.07) is 10.5. The van der Waals surface area contributed by atoms with Crippen LogP contribution in [-0.4, -0.2) is 55.2 Å². The number of likely N-dealkylation sites (N-methyl/N-ethyl adjacent to an activating group) is 1. The van der Waals surface area contributed by atoms with E-state index >= 15 is 0 Å². The van der Waals surface area contributed by atoms with Gasteiger partial charge in [0.2, 0.25) is 0 Å². The van der Waals surface area contributed by atoms with Gasteiger partial charge in [0, 0.05) is 37.4 Å². The fourth-order valence-electron chi connectivity index (χ4n) is 3.23. The highest BCUT2D eigenvalue weighted by Gasteiger charge is 2.28. The van der Waals surface area contributed by atoms with E-state index in [0.29, 0.717) is 35.9 Å². The quantitative estimate of drug-likeness (QED) is 0.833. The standard InChI is InChI=1S/C20H21ClFN5O/c1-26-6-7-27(17(9-22)13-26)19-8-18(24-12-15(19)10-23)20(28)25-11-14-2-4-16(21)5-3-14/h2-5,8,12,17H,6-7,9,11,13H2,1H3,(H,25,28)/t17-/m1/s1. The number of pyridine rings is 1. The van der Waals surface area contributed by atoms with Crippen molar-refractivity contribution < 1.29 is 9.18 Å². The Morgan fingerprint density at radius 2 is 2.14 bits per heavy atom. The number of benzene rings is 1. The van der Waals surface area contributed by atoms with Gasteiger partial charge in [0.05, 0.1) is 17.3 Å². The predicted octanol–water partition coefficient (Wildman–Crippen LogP) is 2.63. The molecule has 1 atom stereocenters. The summed E-state index contributed by atoms with van der Waals surface area (Å²) >= 11 is 5.86. The zero-order chi connectivity index (χ0) is 20.1. The number of alkyl halides is 1. The number of hydrogen-bond acceptors (Lipinski definition) is 5. The first-order valence-corrected chi connectivity index (χ1v) is 9.33. The normalized spacial score (nSPS) is 17.2. The Morgan fingerprint density at radius 1 is 1.39 bits per heavy atom. The maximum Gasteiger partial charge on any atom is 0.270 e. The van der Waals surface area contributed by atoms with E-state index in [1.54, 1.807) is 18.2 Å². The summed E-state index contributed by atoms with van der Waals surface area (Å²) in [7, 11) is 1.94. The van der Waals surface area contributed by atoms with Crippen LogP contribution in [0.25, 0.3) is 0 Å². The van der Waals surface area contributed by atoms with E-state index in [9.17, 15) is 14.4 Å². The molecule has 0 bridgehead atoms. The largest absolute Gasteiger partial charge is 0.362 e. The van der Waals surface area contributed by atoms with E-state index in [-0.39, 0.29) is 17.6 Å². The van der Waals surface area contributed by atoms with Gasteiger partial charge in [-0.15, -0.1) is 0 Å². The van der Waals surface area contributed by atoms with Gasteiger partial charge >= 0.3 is 0 Å². The van der Waals surface area contributed by atoms with Crippen LogP contribution in [0, 0.1) is 11.3 Å². The van der Waals surface area contributed by atoms with Crippen LogP contribution in [0.1, 0.15) is 21.6 Å². The third-order valence-corrected chi connectivity index (χ3v) is 5.03. The highest BCUT2D eigenvalue weighted by Crippen LogP contribution is 2.25. The monoisotopic (exact) mass is 401 g/mol. The summed E-state index contributed by atoms with van der Waals surface area (Å²) in [6.45, 7) is 1.68. The molecule has 3 rings (SSSR count). The third-order valence-electron chi connectivity index (χ3n) is 4.77. The van der Waals surface area contributed by atoms with Gasteiger partial charge in [-0.2, -0.15) is 5.26 Å². The van der Waals surface area contributed by atoms with E-state index in [2.05, 4.69) is 16.4 Å². The van der Waals surface area contributed by atoms with Crippen molar-refractivity contribution in [3.8, 4) is 6.07 Å². The number of carbonyl (C=O) groups excluding carboxylic acids is 1. The summed E-state index contributed by atoms with van der Waals surface area (Å²) in [5.41, 5.74) is 1.98. The molecule has 1 amide bonds. The van der Waals surface area contributed by atoms with Crippen molar-refractivity contribution >= 4 is 23.2 Å². The van der Waals surface area contributed by atoms with Gasteiger partial charge in [-0.25, -0.2) is 9.37 Å². The van der Waals surface area contributed by atoms with Crippen LogP contribution in [0.5, 0.6) is 0 Å². The number of aromatic nitrogens is 1. The number of hydrogen-bond donors (Lipinski definition) is 1. The van der Waals surface area contributed by atoms with Crippen LogP contribution in [0.3, 0.4) is 0 Å². The minimum Gasteiger partial charge on any atom is -0.362 e. The minimum absolute atomic E-state index is 0.194. The van der Waals surface area contributed by atoms with Crippen molar-refractivity contribution in [2.45, 2.75) is 12.6 Å². The third kappa shape index (κ3) is 4.58. The Hall–Kier alpha value is -2.69. The SMILES string of the molecule is CN1CCN(c2cc(C(=O)NCc3ccc(Cl)cc3)ncc2C#N)[C@H](CF)C1. The van der Waals surface area contributed by atoms with Crippen molar-refractivity contribution in [2.75, 3.05) is 38.3 Å². The molecule has 1 saturated heterocycles. The number of nitrogens with one attached hydrogen (secondary N) is 1. The van der Waals surface area contributed by atoms with Crippen molar-refractivity contribution in [3.05, 3.63) is 58.4 Å². The van der Waals surface area contributed by atoms with Crippen LogP contribution in [-0.2, 0) is 6.54 Å². The summed E-state index contributed by atoms with van der Waals surface area (Å²) in [5, 5.41) is 12.9. The lowest BCUT2D eigenvalue weighted by Crippen LogP contribution is -2.53. The van der Waals surface area contributed by atoms with E-state index in [1.165, 1.54) is 6.20 Å². The molecule has 2 heterocycles.